The van der Waals surface area contributed by atoms with E-state index in [1.807, 2.05) is 18.2 Å². The number of hydrogen-bond acceptors (Lipinski definition) is 3. The highest BCUT2D eigenvalue weighted by atomic mass is 35.5. The van der Waals surface area contributed by atoms with Crippen LogP contribution in [0.4, 0.5) is 0 Å². The fourth-order valence-electron chi connectivity index (χ4n) is 2.06. The molecule has 1 aromatic carbocycles. The second-order valence-corrected chi connectivity index (χ2v) is 4.39. The van der Waals surface area contributed by atoms with Crippen molar-refractivity contribution in [1.29, 1.82) is 0 Å². The molecule has 1 heterocycles. The SMILES string of the molecule is COC(=O)CC1CNCc2ccc(Cl)cc21. The molecule has 0 aromatic heterocycles. The van der Waals surface area contributed by atoms with Crippen molar-refractivity contribution >= 4 is 17.6 Å². The molecule has 0 spiro atoms. The second kappa shape index (κ2) is 4.85. The van der Waals surface area contributed by atoms with Crippen LogP contribution in [0.25, 0.3) is 0 Å². The Hall–Kier alpha value is -1.06. The van der Waals surface area contributed by atoms with E-state index in [1.54, 1.807) is 0 Å². The first kappa shape index (κ1) is 11.4. The highest BCUT2D eigenvalue weighted by Gasteiger charge is 2.22. The molecule has 1 aromatic rings. The number of fused-ring (bicyclic) bond motifs is 1. The van der Waals surface area contributed by atoms with Gasteiger partial charge in [-0.05, 0) is 23.3 Å². The Kier molecular flexibility index (Phi) is 3.46. The van der Waals surface area contributed by atoms with Gasteiger partial charge in [0.15, 0.2) is 0 Å². The molecule has 0 bridgehead atoms. The molecule has 4 heteroatoms. The number of hydrogen-bond donors (Lipinski definition) is 1. The van der Waals surface area contributed by atoms with Crippen LogP contribution in [-0.2, 0) is 16.1 Å². The van der Waals surface area contributed by atoms with E-state index in [1.165, 1.54) is 12.7 Å². The highest BCUT2D eigenvalue weighted by Crippen LogP contribution is 2.29. The van der Waals surface area contributed by atoms with Gasteiger partial charge in [-0.25, -0.2) is 0 Å². The summed E-state index contributed by atoms with van der Waals surface area (Å²) in [5, 5.41) is 4.01. The van der Waals surface area contributed by atoms with Gasteiger partial charge < -0.3 is 10.1 Å². The van der Waals surface area contributed by atoms with Gasteiger partial charge in [0.1, 0.15) is 0 Å². The molecule has 1 aliphatic rings. The van der Waals surface area contributed by atoms with Crippen molar-refractivity contribution in [2.75, 3.05) is 13.7 Å². The summed E-state index contributed by atoms with van der Waals surface area (Å²) in [6.07, 6.45) is 0.400. The lowest BCUT2D eigenvalue weighted by Crippen LogP contribution is -2.29. The molecule has 0 radical (unpaired) electrons. The van der Waals surface area contributed by atoms with E-state index in [2.05, 4.69) is 5.32 Å². The molecule has 0 saturated carbocycles. The molecule has 0 amide bonds. The zero-order valence-corrected chi connectivity index (χ0v) is 9.88. The van der Waals surface area contributed by atoms with Gasteiger partial charge in [-0.3, -0.25) is 4.79 Å². The molecular formula is C12H14ClNO2. The zero-order chi connectivity index (χ0) is 11.5. The van der Waals surface area contributed by atoms with Crippen LogP contribution in [0.5, 0.6) is 0 Å². The van der Waals surface area contributed by atoms with Crippen LogP contribution in [0.15, 0.2) is 18.2 Å². The first-order chi connectivity index (χ1) is 7.70. The number of ether oxygens (including phenoxy) is 1. The number of carbonyl (C=O) groups excluding carboxylic acids is 1. The Morgan fingerprint density at radius 2 is 2.44 bits per heavy atom. The van der Waals surface area contributed by atoms with Gasteiger partial charge in [0.2, 0.25) is 0 Å². The largest absolute Gasteiger partial charge is 0.469 e. The lowest BCUT2D eigenvalue weighted by molar-refractivity contribution is -0.141. The third kappa shape index (κ3) is 2.36. The minimum atomic E-state index is -0.181. The molecule has 0 aliphatic carbocycles. The van der Waals surface area contributed by atoms with Crippen LogP contribution >= 0.6 is 11.6 Å². The van der Waals surface area contributed by atoms with Gasteiger partial charge in [-0.15, -0.1) is 0 Å². The number of benzene rings is 1. The van der Waals surface area contributed by atoms with Crippen LogP contribution in [0.1, 0.15) is 23.5 Å². The van der Waals surface area contributed by atoms with Gasteiger partial charge >= 0.3 is 5.97 Å². The Bertz CT molecular complexity index is 406. The molecule has 1 unspecified atom stereocenters. The van der Waals surface area contributed by atoms with Crippen molar-refractivity contribution in [3.05, 3.63) is 34.3 Å². The lowest BCUT2D eigenvalue weighted by Gasteiger charge is -2.25. The van der Waals surface area contributed by atoms with Crippen LogP contribution in [0.2, 0.25) is 5.02 Å². The smallest absolute Gasteiger partial charge is 0.306 e. The third-order valence-electron chi connectivity index (χ3n) is 2.89. The Morgan fingerprint density at radius 3 is 3.19 bits per heavy atom. The van der Waals surface area contributed by atoms with E-state index in [4.69, 9.17) is 16.3 Å². The molecule has 86 valence electrons. The topological polar surface area (TPSA) is 38.3 Å². The average Bonchev–Trinajstić information content (AvgIpc) is 2.29. The quantitative estimate of drug-likeness (QED) is 0.804. The van der Waals surface area contributed by atoms with Crippen LogP contribution < -0.4 is 5.32 Å². The predicted molar refractivity (Wildman–Crippen MR) is 62.5 cm³/mol. The summed E-state index contributed by atoms with van der Waals surface area (Å²) in [7, 11) is 1.41. The summed E-state index contributed by atoms with van der Waals surface area (Å²) in [4.78, 5) is 11.3. The van der Waals surface area contributed by atoms with Crippen molar-refractivity contribution in [2.45, 2.75) is 18.9 Å². The minimum absolute atomic E-state index is 0.162. The van der Waals surface area contributed by atoms with E-state index in [9.17, 15) is 4.79 Å². The van der Waals surface area contributed by atoms with E-state index < -0.39 is 0 Å². The van der Waals surface area contributed by atoms with Crippen molar-refractivity contribution in [3.63, 3.8) is 0 Å². The van der Waals surface area contributed by atoms with Crippen molar-refractivity contribution in [1.82, 2.24) is 5.32 Å². The molecule has 3 nitrogen and oxygen atoms in total. The van der Waals surface area contributed by atoms with Gasteiger partial charge in [0.25, 0.3) is 0 Å². The van der Waals surface area contributed by atoms with Crippen molar-refractivity contribution in [2.24, 2.45) is 0 Å². The number of halogens is 1. The molecular weight excluding hydrogens is 226 g/mol. The number of rotatable bonds is 2. The van der Waals surface area contributed by atoms with Gasteiger partial charge in [-0.2, -0.15) is 0 Å². The molecule has 1 aliphatic heterocycles. The predicted octanol–water partition coefficient (Wildman–Crippen LogP) is 2.09. The fraction of sp³-hybridized carbons (Fsp3) is 0.417. The number of carbonyl (C=O) groups is 1. The molecule has 2 rings (SSSR count). The Balaban J connectivity index is 2.24. The third-order valence-corrected chi connectivity index (χ3v) is 3.13. The van der Waals surface area contributed by atoms with Gasteiger partial charge in [0, 0.05) is 24.0 Å². The van der Waals surface area contributed by atoms with E-state index in [0.717, 1.165) is 23.7 Å². The maximum Gasteiger partial charge on any atom is 0.306 e. The number of methoxy groups -OCH3 is 1. The number of nitrogens with one attached hydrogen (secondary N) is 1. The number of esters is 1. The van der Waals surface area contributed by atoms with E-state index >= 15 is 0 Å². The summed E-state index contributed by atoms with van der Waals surface area (Å²) >= 11 is 5.98. The van der Waals surface area contributed by atoms with Gasteiger partial charge in [0.05, 0.1) is 13.5 Å². The summed E-state index contributed by atoms with van der Waals surface area (Å²) in [5.41, 5.74) is 2.38. The summed E-state index contributed by atoms with van der Waals surface area (Å²) in [6.45, 7) is 1.63. The molecule has 1 atom stereocenters. The lowest BCUT2D eigenvalue weighted by atomic mass is 9.88. The standard InChI is InChI=1S/C12H14ClNO2/c1-16-12(15)4-9-7-14-6-8-2-3-10(13)5-11(8)9/h2-3,5,9,14H,4,6-7H2,1H3. The van der Waals surface area contributed by atoms with Crippen molar-refractivity contribution < 1.29 is 9.53 Å². The minimum Gasteiger partial charge on any atom is -0.469 e. The molecule has 1 N–H and O–H groups in total. The van der Waals surface area contributed by atoms with Gasteiger partial charge in [-0.1, -0.05) is 17.7 Å². The molecule has 0 saturated heterocycles. The Labute approximate surface area is 99.7 Å². The monoisotopic (exact) mass is 239 g/mol. The first-order valence-corrected chi connectivity index (χ1v) is 5.64. The average molecular weight is 240 g/mol. The van der Waals surface area contributed by atoms with Crippen LogP contribution in [-0.4, -0.2) is 19.6 Å². The molecule has 0 fully saturated rings. The maximum absolute atomic E-state index is 11.3. The fourth-order valence-corrected chi connectivity index (χ4v) is 2.25. The summed E-state index contributed by atoms with van der Waals surface area (Å²) < 4.78 is 4.70. The maximum atomic E-state index is 11.3. The first-order valence-electron chi connectivity index (χ1n) is 5.26. The Morgan fingerprint density at radius 1 is 1.62 bits per heavy atom. The van der Waals surface area contributed by atoms with E-state index in [-0.39, 0.29) is 11.9 Å². The zero-order valence-electron chi connectivity index (χ0n) is 9.13. The second-order valence-electron chi connectivity index (χ2n) is 3.95. The molecule has 16 heavy (non-hydrogen) atoms. The highest BCUT2D eigenvalue weighted by molar-refractivity contribution is 6.30. The van der Waals surface area contributed by atoms with Crippen molar-refractivity contribution in [3.8, 4) is 0 Å². The summed E-state index contributed by atoms with van der Waals surface area (Å²) in [6, 6.07) is 5.84. The van der Waals surface area contributed by atoms with E-state index in [0.29, 0.717) is 6.42 Å². The van der Waals surface area contributed by atoms with Crippen LogP contribution in [0, 0.1) is 0 Å². The van der Waals surface area contributed by atoms with Crippen LogP contribution in [0.3, 0.4) is 0 Å². The summed E-state index contributed by atoms with van der Waals surface area (Å²) in [5.74, 6) is -0.0190. The normalized spacial score (nSPS) is 19.0.